The molecule has 1 amide bonds. The number of fused-ring (bicyclic) bond motifs is 1. The molecule has 212 valence electrons. The van der Waals surface area contributed by atoms with E-state index < -0.39 is 75.8 Å². The van der Waals surface area contributed by atoms with Crippen LogP contribution in [-0.2, 0) is 23.2 Å². The zero-order valence-electron chi connectivity index (χ0n) is 19.9. The van der Waals surface area contributed by atoms with Crippen LogP contribution in [0.25, 0.3) is 0 Å². The maximum Gasteiger partial charge on any atom is 0.340 e. The second-order valence-corrected chi connectivity index (χ2v) is 13.2. The van der Waals surface area contributed by atoms with Gasteiger partial charge in [-0.1, -0.05) is 29.8 Å². The highest BCUT2D eigenvalue weighted by atomic mass is 35.5. The van der Waals surface area contributed by atoms with Crippen LogP contribution in [0.1, 0.15) is 28.9 Å². The van der Waals surface area contributed by atoms with Crippen LogP contribution in [0.4, 0.5) is 15.9 Å². The molecule has 0 radical (unpaired) electrons. The zero-order chi connectivity index (χ0) is 28.9. The monoisotopic (exact) mass is 609 g/mol. The Kier molecular flexibility index (Phi) is 8.33. The Hall–Kier alpha value is -2.29. The van der Waals surface area contributed by atoms with Crippen molar-refractivity contribution in [1.29, 1.82) is 0 Å². The molecule has 1 saturated heterocycles. The van der Waals surface area contributed by atoms with Crippen molar-refractivity contribution in [1.82, 2.24) is 4.98 Å². The molecule has 1 aromatic heterocycles. The van der Waals surface area contributed by atoms with Gasteiger partial charge < -0.3 is 39.5 Å². The number of aromatic nitrogens is 1. The number of rotatable bonds is 9. The number of ether oxygens (including phenoxy) is 1. The third-order valence-corrected chi connectivity index (χ3v) is 9.63. The molecule has 6 N–H and O–H groups in total. The van der Waals surface area contributed by atoms with E-state index in [1.165, 1.54) is 24.3 Å². The Bertz CT molecular complexity index is 1410. The van der Waals surface area contributed by atoms with Crippen molar-refractivity contribution in [3.63, 3.8) is 0 Å². The number of carbonyl (C=O) groups is 2. The van der Waals surface area contributed by atoms with Crippen LogP contribution < -0.4 is 10.2 Å². The van der Waals surface area contributed by atoms with E-state index in [-0.39, 0.29) is 27.8 Å². The maximum atomic E-state index is 14.3. The fourth-order valence-electron chi connectivity index (χ4n) is 4.24. The molecule has 4 rings (SSSR count). The number of benzene rings is 1. The van der Waals surface area contributed by atoms with Gasteiger partial charge in [-0.25, -0.2) is 9.37 Å². The highest BCUT2D eigenvalue weighted by Gasteiger charge is 2.53. The quantitative estimate of drug-likeness (QED) is 0.135. The van der Waals surface area contributed by atoms with Gasteiger partial charge in [0.05, 0.1) is 23.9 Å². The van der Waals surface area contributed by atoms with E-state index in [0.29, 0.717) is 4.90 Å². The maximum absolute atomic E-state index is 14.3. The molecule has 0 aliphatic carbocycles. The summed E-state index contributed by atoms with van der Waals surface area (Å²) in [5.74, 6) is -4.60. The highest BCUT2D eigenvalue weighted by Crippen LogP contribution is 2.55. The van der Waals surface area contributed by atoms with Crippen LogP contribution in [0.2, 0.25) is 5.15 Å². The average Bonchev–Trinajstić information content (AvgIpc) is 3.23. The first kappa shape index (κ1) is 29.7. The fraction of sp³-hybridized carbons (Fsp3) is 0.381. The second kappa shape index (κ2) is 10.9. The van der Waals surface area contributed by atoms with Crippen LogP contribution in [0.5, 0.6) is 0 Å². The SMILES string of the molecule is C[C@H](Nc1cc(Cl)nc2c1C(=O)C(=O)N2[C@@H]1O[C@H](COP(=O)(O)CP(=O)(O)O)[C@@H](O)[C@H]1O)c1ccccc1F. The highest BCUT2D eigenvalue weighted by molar-refractivity contribution is 7.70. The lowest BCUT2D eigenvalue weighted by Gasteiger charge is -2.26. The van der Waals surface area contributed by atoms with Gasteiger partial charge in [0.15, 0.2) is 17.9 Å². The van der Waals surface area contributed by atoms with Crippen LogP contribution in [0.3, 0.4) is 0 Å². The minimum Gasteiger partial charge on any atom is -0.387 e. The van der Waals surface area contributed by atoms with Crippen molar-refractivity contribution in [2.75, 3.05) is 22.7 Å². The Labute approximate surface area is 225 Å². The summed E-state index contributed by atoms with van der Waals surface area (Å²) in [4.78, 5) is 58.1. The van der Waals surface area contributed by atoms with Crippen LogP contribution in [0, 0.1) is 5.82 Å². The lowest BCUT2D eigenvalue weighted by atomic mass is 10.1. The molecular formula is C21H23ClFN3O11P2. The molecule has 2 aromatic rings. The number of anilines is 2. The van der Waals surface area contributed by atoms with Crippen molar-refractivity contribution in [2.24, 2.45) is 0 Å². The van der Waals surface area contributed by atoms with E-state index >= 15 is 0 Å². The van der Waals surface area contributed by atoms with Gasteiger partial charge in [-0.05, 0) is 19.1 Å². The molecule has 2 aliphatic rings. The summed E-state index contributed by atoms with van der Waals surface area (Å²) in [6.07, 6.45) is -6.95. The smallest absolute Gasteiger partial charge is 0.340 e. The Morgan fingerprint density at radius 2 is 1.87 bits per heavy atom. The average molecular weight is 610 g/mol. The van der Waals surface area contributed by atoms with E-state index in [9.17, 15) is 38.2 Å². The molecule has 1 aromatic carbocycles. The molecule has 14 nitrogen and oxygen atoms in total. The first-order valence-corrected chi connectivity index (χ1v) is 15.2. The van der Waals surface area contributed by atoms with E-state index in [1.807, 2.05) is 0 Å². The normalized spacial score (nSPS) is 25.5. The van der Waals surface area contributed by atoms with Crippen molar-refractivity contribution in [2.45, 2.75) is 37.5 Å². The van der Waals surface area contributed by atoms with Gasteiger partial charge in [0.2, 0.25) is 0 Å². The number of aliphatic hydroxyl groups excluding tert-OH is 2. The van der Waals surface area contributed by atoms with Gasteiger partial charge in [0.1, 0.15) is 29.3 Å². The molecule has 39 heavy (non-hydrogen) atoms. The number of Topliss-reactive ketones (excluding diaryl/α,β-unsaturated/α-hetero) is 1. The number of carbonyl (C=O) groups excluding carboxylic acids is 2. The number of hydrogen-bond acceptors (Lipinski definition) is 10. The molecule has 1 unspecified atom stereocenters. The Balaban J connectivity index is 1.60. The van der Waals surface area contributed by atoms with Crippen molar-refractivity contribution < 1.29 is 57.3 Å². The molecule has 3 heterocycles. The largest absolute Gasteiger partial charge is 0.387 e. The summed E-state index contributed by atoms with van der Waals surface area (Å²) < 4.78 is 47.4. The lowest BCUT2D eigenvalue weighted by molar-refractivity contribution is -0.118. The molecule has 6 atom stereocenters. The molecular weight excluding hydrogens is 587 g/mol. The Morgan fingerprint density at radius 1 is 1.21 bits per heavy atom. The molecule has 2 aliphatic heterocycles. The number of nitrogens with one attached hydrogen (secondary N) is 1. The first-order chi connectivity index (χ1) is 18.1. The summed E-state index contributed by atoms with van der Waals surface area (Å²) in [6.45, 7) is 0.705. The van der Waals surface area contributed by atoms with Gasteiger partial charge in [0, 0.05) is 5.56 Å². The lowest BCUT2D eigenvalue weighted by Crippen LogP contribution is -2.47. The van der Waals surface area contributed by atoms with Crippen molar-refractivity contribution >= 4 is 50.0 Å². The van der Waals surface area contributed by atoms with E-state index in [1.54, 1.807) is 13.0 Å². The summed E-state index contributed by atoms with van der Waals surface area (Å²) in [7, 11) is -9.75. The summed E-state index contributed by atoms with van der Waals surface area (Å²) in [5.41, 5.74) is 0.0421. The fourth-order valence-corrected chi connectivity index (χ4v) is 7.00. The predicted octanol–water partition coefficient (Wildman–Crippen LogP) is 1.36. The number of nitrogens with zero attached hydrogens (tertiary/aromatic N) is 2. The van der Waals surface area contributed by atoms with Gasteiger partial charge in [-0.15, -0.1) is 0 Å². The van der Waals surface area contributed by atoms with Crippen molar-refractivity contribution in [3.05, 3.63) is 52.4 Å². The summed E-state index contributed by atoms with van der Waals surface area (Å²) >= 11 is 6.13. The second-order valence-electron chi connectivity index (χ2n) is 8.87. The van der Waals surface area contributed by atoms with Gasteiger partial charge in [-0.2, -0.15) is 0 Å². The molecule has 1 fully saturated rings. The topological polar surface area (TPSA) is 216 Å². The number of ketones is 1. The molecule has 0 spiro atoms. The molecule has 18 heteroatoms. The standard InChI is InChI=1S/C21H23ClFN3O11P2/c1-9(10-4-2-3-5-11(10)23)24-12-6-14(22)25-19-15(12)17(28)20(30)26(19)21-18(29)16(27)13(37-21)7-36-39(34,35)8-38(31,32)33/h2-6,9,13,16,18,21,27,29H,7-8H2,1H3,(H,24,25)(H,34,35)(H2,31,32,33)/t9-,13+,16+,18+,21+/m0/s1. The summed E-state index contributed by atoms with van der Waals surface area (Å²) in [5, 5.41) is 23.7. The third kappa shape index (κ3) is 6.23. The van der Waals surface area contributed by atoms with Gasteiger partial charge >= 0.3 is 21.1 Å². The summed E-state index contributed by atoms with van der Waals surface area (Å²) in [6, 6.07) is 6.45. The first-order valence-electron chi connectivity index (χ1n) is 11.2. The van der Waals surface area contributed by atoms with Gasteiger partial charge in [-0.3, -0.25) is 23.6 Å². The predicted molar refractivity (Wildman–Crippen MR) is 133 cm³/mol. The number of pyridine rings is 1. The molecule has 0 bridgehead atoms. The van der Waals surface area contributed by atoms with Crippen molar-refractivity contribution in [3.8, 4) is 0 Å². The van der Waals surface area contributed by atoms with E-state index in [4.69, 9.17) is 26.1 Å². The van der Waals surface area contributed by atoms with Crippen LogP contribution in [0.15, 0.2) is 30.3 Å². The zero-order valence-corrected chi connectivity index (χ0v) is 22.5. The number of hydrogen-bond donors (Lipinski definition) is 6. The Morgan fingerprint density at radius 3 is 2.51 bits per heavy atom. The minimum atomic E-state index is -4.93. The van der Waals surface area contributed by atoms with E-state index in [2.05, 4.69) is 14.8 Å². The number of amides is 1. The number of halogens is 2. The van der Waals surface area contributed by atoms with Gasteiger partial charge in [0.25, 0.3) is 5.78 Å². The van der Waals surface area contributed by atoms with Crippen LogP contribution in [-0.4, -0.2) is 78.6 Å². The minimum absolute atomic E-state index is 0.0353. The number of aliphatic hydroxyl groups is 2. The van der Waals surface area contributed by atoms with Crippen LogP contribution >= 0.6 is 26.8 Å². The third-order valence-electron chi connectivity index (χ3n) is 5.98. The van der Waals surface area contributed by atoms with E-state index in [0.717, 1.165) is 0 Å². The molecule has 0 saturated carbocycles.